The number of nitrogens with two attached hydrogens (primary N) is 1. The second-order valence-electron chi connectivity index (χ2n) is 4.54. The number of nitrogens with zero attached hydrogens (tertiary/aromatic N) is 1. The van der Waals surface area contributed by atoms with E-state index in [1.54, 1.807) is 0 Å². The highest BCUT2D eigenvalue weighted by Crippen LogP contribution is 2.15. The van der Waals surface area contributed by atoms with Crippen molar-refractivity contribution in [2.24, 2.45) is 5.73 Å². The van der Waals surface area contributed by atoms with Gasteiger partial charge in [0.2, 0.25) is 11.8 Å². The van der Waals surface area contributed by atoms with Gasteiger partial charge in [0.25, 0.3) is 0 Å². The summed E-state index contributed by atoms with van der Waals surface area (Å²) in [5, 5.41) is 11.4. The largest absolute Gasteiger partial charge is 0.480 e. The van der Waals surface area contributed by atoms with E-state index in [0.717, 1.165) is 19.4 Å². The number of hydrogen-bond acceptors (Lipinski definition) is 4. The van der Waals surface area contributed by atoms with Crippen molar-refractivity contribution < 1.29 is 19.5 Å². The van der Waals surface area contributed by atoms with Crippen LogP contribution in [-0.4, -0.2) is 53.5 Å². The fourth-order valence-electron chi connectivity index (χ4n) is 2.05. The molecule has 4 N–H and O–H groups in total. The van der Waals surface area contributed by atoms with Gasteiger partial charge in [0, 0.05) is 6.42 Å². The van der Waals surface area contributed by atoms with E-state index in [-0.39, 0.29) is 24.8 Å². The first kappa shape index (κ1) is 14.4. The molecule has 1 unspecified atom stereocenters. The summed E-state index contributed by atoms with van der Waals surface area (Å²) in [5.74, 6) is -2.02. The Labute approximate surface area is 105 Å². The van der Waals surface area contributed by atoms with Gasteiger partial charge in [-0.25, -0.2) is 4.79 Å². The molecule has 2 amide bonds. The van der Waals surface area contributed by atoms with Gasteiger partial charge in [0.05, 0.1) is 6.04 Å². The van der Waals surface area contributed by atoms with Crippen molar-refractivity contribution in [3.05, 3.63) is 0 Å². The fourth-order valence-corrected chi connectivity index (χ4v) is 2.05. The lowest BCUT2D eigenvalue weighted by Crippen LogP contribution is -2.48. The van der Waals surface area contributed by atoms with Crippen LogP contribution >= 0.6 is 0 Å². The van der Waals surface area contributed by atoms with Crippen molar-refractivity contribution in [1.29, 1.82) is 0 Å². The SMILES string of the molecule is CN1CCCC1C(=O)N[C@@H](CCC(N)=O)C(=O)O. The molecule has 2 atom stereocenters. The Morgan fingerprint density at radius 1 is 1.50 bits per heavy atom. The summed E-state index contributed by atoms with van der Waals surface area (Å²) in [6.45, 7) is 0.830. The Bertz CT molecular complexity index is 345. The molecular weight excluding hydrogens is 238 g/mol. The van der Waals surface area contributed by atoms with Gasteiger partial charge in [-0.2, -0.15) is 0 Å². The number of hydrogen-bond donors (Lipinski definition) is 3. The summed E-state index contributed by atoms with van der Waals surface area (Å²) < 4.78 is 0. The number of carboxylic acids is 1. The molecule has 0 saturated carbocycles. The molecule has 0 aromatic rings. The van der Waals surface area contributed by atoms with Gasteiger partial charge in [0.1, 0.15) is 6.04 Å². The lowest BCUT2D eigenvalue weighted by atomic mass is 10.1. The summed E-state index contributed by atoms with van der Waals surface area (Å²) in [7, 11) is 1.83. The van der Waals surface area contributed by atoms with Crippen LogP contribution in [0, 0.1) is 0 Å². The third-order valence-electron chi connectivity index (χ3n) is 3.12. The van der Waals surface area contributed by atoms with Gasteiger partial charge < -0.3 is 16.2 Å². The van der Waals surface area contributed by atoms with E-state index in [4.69, 9.17) is 10.8 Å². The second kappa shape index (κ2) is 6.34. The number of carbonyl (C=O) groups excluding carboxylic acids is 2. The number of carboxylic acid groups (broad SMARTS) is 1. The molecule has 7 heteroatoms. The average molecular weight is 257 g/mol. The van der Waals surface area contributed by atoms with Crippen LogP contribution in [0.5, 0.6) is 0 Å². The lowest BCUT2D eigenvalue weighted by molar-refractivity contribution is -0.142. The molecule has 0 aromatic heterocycles. The number of likely N-dealkylation sites (N-methyl/N-ethyl adjacent to an activating group) is 1. The topological polar surface area (TPSA) is 113 Å². The average Bonchev–Trinajstić information content (AvgIpc) is 2.69. The molecular formula is C11H19N3O4. The zero-order chi connectivity index (χ0) is 13.7. The maximum absolute atomic E-state index is 11.9. The first-order valence-corrected chi connectivity index (χ1v) is 5.93. The monoisotopic (exact) mass is 257 g/mol. The molecule has 1 rings (SSSR count). The highest BCUT2D eigenvalue weighted by atomic mass is 16.4. The molecule has 0 spiro atoms. The van der Waals surface area contributed by atoms with Crippen LogP contribution in [0.3, 0.4) is 0 Å². The van der Waals surface area contributed by atoms with Gasteiger partial charge in [-0.1, -0.05) is 0 Å². The molecule has 1 aliphatic rings. The highest BCUT2D eigenvalue weighted by Gasteiger charge is 2.30. The van der Waals surface area contributed by atoms with Crippen molar-refractivity contribution in [2.45, 2.75) is 37.8 Å². The Morgan fingerprint density at radius 2 is 2.17 bits per heavy atom. The minimum Gasteiger partial charge on any atom is -0.480 e. The van der Waals surface area contributed by atoms with Gasteiger partial charge in [-0.3, -0.25) is 14.5 Å². The maximum atomic E-state index is 11.9. The standard InChI is InChI=1S/C11H19N3O4/c1-14-6-2-3-8(14)10(16)13-7(11(17)18)4-5-9(12)15/h7-8H,2-6H2,1H3,(H2,12,15)(H,13,16)(H,17,18)/t7-,8?/m0/s1. The van der Waals surface area contributed by atoms with Crippen LogP contribution in [0.2, 0.25) is 0 Å². The molecule has 18 heavy (non-hydrogen) atoms. The van der Waals surface area contributed by atoms with Gasteiger partial charge in [-0.05, 0) is 32.9 Å². The van der Waals surface area contributed by atoms with E-state index >= 15 is 0 Å². The Kier molecular flexibility index (Phi) is 5.08. The van der Waals surface area contributed by atoms with Crippen molar-refractivity contribution in [1.82, 2.24) is 10.2 Å². The Morgan fingerprint density at radius 3 is 2.61 bits per heavy atom. The van der Waals surface area contributed by atoms with E-state index in [1.807, 2.05) is 11.9 Å². The molecule has 1 aliphatic heterocycles. The predicted octanol–water partition coefficient (Wildman–Crippen LogP) is -1.08. The zero-order valence-corrected chi connectivity index (χ0v) is 10.4. The van der Waals surface area contributed by atoms with Crippen LogP contribution < -0.4 is 11.1 Å². The molecule has 0 radical (unpaired) electrons. The first-order chi connectivity index (χ1) is 8.41. The van der Waals surface area contributed by atoms with Crippen LogP contribution in [-0.2, 0) is 14.4 Å². The van der Waals surface area contributed by atoms with E-state index < -0.39 is 17.9 Å². The van der Waals surface area contributed by atoms with Gasteiger partial charge in [-0.15, -0.1) is 0 Å². The number of amides is 2. The lowest BCUT2D eigenvalue weighted by Gasteiger charge is -2.21. The quantitative estimate of drug-likeness (QED) is 0.560. The van der Waals surface area contributed by atoms with Gasteiger partial charge >= 0.3 is 5.97 Å². The van der Waals surface area contributed by atoms with E-state index in [1.165, 1.54) is 0 Å². The summed E-state index contributed by atoms with van der Waals surface area (Å²) in [4.78, 5) is 35.4. The first-order valence-electron chi connectivity index (χ1n) is 5.93. The molecule has 102 valence electrons. The molecule has 1 heterocycles. The van der Waals surface area contributed by atoms with Crippen LogP contribution in [0.4, 0.5) is 0 Å². The Balaban J connectivity index is 2.52. The van der Waals surface area contributed by atoms with E-state index in [0.29, 0.717) is 0 Å². The van der Waals surface area contributed by atoms with Crippen LogP contribution in [0.1, 0.15) is 25.7 Å². The van der Waals surface area contributed by atoms with Crippen molar-refractivity contribution in [2.75, 3.05) is 13.6 Å². The van der Waals surface area contributed by atoms with Gasteiger partial charge in [0.15, 0.2) is 0 Å². The zero-order valence-electron chi connectivity index (χ0n) is 10.4. The maximum Gasteiger partial charge on any atom is 0.326 e. The molecule has 0 aromatic carbocycles. The van der Waals surface area contributed by atoms with E-state index in [9.17, 15) is 14.4 Å². The molecule has 7 nitrogen and oxygen atoms in total. The minimum atomic E-state index is -1.15. The smallest absolute Gasteiger partial charge is 0.326 e. The van der Waals surface area contributed by atoms with Crippen molar-refractivity contribution in [3.63, 3.8) is 0 Å². The second-order valence-corrected chi connectivity index (χ2v) is 4.54. The summed E-state index contributed by atoms with van der Waals surface area (Å²) >= 11 is 0. The van der Waals surface area contributed by atoms with E-state index in [2.05, 4.69) is 5.32 Å². The van der Waals surface area contributed by atoms with Crippen LogP contribution in [0.25, 0.3) is 0 Å². The number of aliphatic carboxylic acids is 1. The van der Waals surface area contributed by atoms with Crippen LogP contribution in [0.15, 0.2) is 0 Å². The molecule has 0 bridgehead atoms. The number of carbonyl (C=O) groups is 3. The van der Waals surface area contributed by atoms with Crippen molar-refractivity contribution in [3.8, 4) is 0 Å². The third-order valence-corrected chi connectivity index (χ3v) is 3.12. The van der Waals surface area contributed by atoms with Crippen molar-refractivity contribution >= 4 is 17.8 Å². The highest BCUT2D eigenvalue weighted by molar-refractivity contribution is 5.87. The predicted molar refractivity (Wildman–Crippen MR) is 63.6 cm³/mol. The number of nitrogens with one attached hydrogen (secondary N) is 1. The molecule has 0 aliphatic carbocycles. The third kappa shape index (κ3) is 3.99. The normalized spacial score (nSPS) is 21.5. The fraction of sp³-hybridized carbons (Fsp3) is 0.727. The summed E-state index contributed by atoms with van der Waals surface area (Å²) in [6.07, 6.45) is 1.61. The molecule has 1 fully saturated rings. The minimum absolute atomic E-state index is 0.0207. The number of primary amides is 1. The summed E-state index contributed by atoms with van der Waals surface area (Å²) in [6, 6.07) is -1.33. The number of rotatable bonds is 6. The summed E-state index contributed by atoms with van der Waals surface area (Å²) in [5.41, 5.74) is 4.96. The number of likely N-dealkylation sites (tertiary alicyclic amines) is 1. The molecule has 1 saturated heterocycles. The Hall–Kier alpha value is -1.63.